The van der Waals surface area contributed by atoms with E-state index in [0.717, 1.165) is 35.1 Å². The maximum absolute atomic E-state index is 11.1. The van der Waals surface area contributed by atoms with E-state index in [1.807, 2.05) is 6.07 Å². The van der Waals surface area contributed by atoms with Crippen molar-refractivity contribution in [2.24, 2.45) is 0 Å². The van der Waals surface area contributed by atoms with E-state index in [-0.39, 0.29) is 5.69 Å². The van der Waals surface area contributed by atoms with Gasteiger partial charge in [-0.05, 0) is 24.1 Å². The third-order valence-corrected chi connectivity index (χ3v) is 5.14. The third-order valence-electron chi connectivity index (χ3n) is 3.77. The van der Waals surface area contributed by atoms with Gasteiger partial charge in [-0.1, -0.05) is 11.6 Å². The number of carboxylic acids is 1. The molecule has 4 heterocycles. The lowest BCUT2D eigenvalue weighted by molar-refractivity contribution is 0.0691. The number of H-pyrrole nitrogens is 1. The van der Waals surface area contributed by atoms with Crippen molar-refractivity contribution in [2.45, 2.75) is 13.0 Å². The minimum Gasteiger partial charge on any atom is -0.477 e. The van der Waals surface area contributed by atoms with E-state index < -0.39 is 5.97 Å². The summed E-state index contributed by atoms with van der Waals surface area (Å²) in [5.74, 6) is -0.254. The monoisotopic (exact) mass is 334 g/mol. The molecule has 0 aromatic carbocycles. The van der Waals surface area contributed by atoms with Gasteiger partial charge in [0.1, 0.15) is 23.5 Å². The van der Waals surface area contributed by atoms with Crippen molar-refractivity contribution in [1.29, 1.82) is 0 Å². The molecule has 22 heavy (non-hydrogen) atoms. The summed E-state index contributed by atoms with van der Waals surface area (Å²) in [5.41, 5.74) is 1.87. The lowest BCUT2D eigenvalue weighted by atomic mass is 10.1. The Kier molecular flexibility index (Phi) is 3.05. The van der Waals surface area contributed by atoms with E-state index in [1.165, 1.54) is 16.8 Å². The standard InChI is InChI=1S/C14H11ClN4O2S/c15-11-3-7-5-19(2-1-10(7)22-11)13-8-4-9(14(20)21)18-12(8)16-6-17-13/h3-4,6H,1-2,5H2,(H,20,21)(H,16,17,18). The first-order chi connectivity index (χ1) is 10.6. The number of halogens is 1. The van der Waals surface area contributed by atoms with E-state index in [0.29, 0.717) is 5.65 Å². The zero-order chi connectivity index (χ0) is 15.3. The van der Waals surface area contributed by atoms with Gasteiger partial charge in [-0.25, -0.2) is 14.8 Å². The Hall–Kier alpha value is -2.12. The molecular formula is C14H11ClN4O2S. The number of aromatic amines is 1. The fourth-order valence-electron chi connectivity index (χ4n) is 2.77. The summed E-state index contributed by atoms with van der Waals surface area (Å²) >= 11 is 7.70. The van der Waals surface area contributed by atoms with Crippen LogP contribution >= 0.6 is 22.9 Å². The molecule has 6 nitrogen and oxygen atoms in total. The number of hydrogen-bond acceptors (Lipinski definition) is 5. The summed E-state index contributed by atoms with van der Waals surface area (Å²) in [6, 6.07) is 3.58. The molecule has 0 atom stereocenters. The van der Waals surface area contributed by atoms with Crippen LogP contribution in [0.1, 0.15) is 20.9 Å². The molecule has 1 aliphatic heterocycles. The smallest absolute Gasteiger partial charge is 0.352 e. The Morgan fingerprint density at radius 3 is 3.09 bits per heavy atom. The van der Waals surface area contributed by atoms with Crippen LogP contribution in [0.25, 0.3) is 11.0 Å². The first-order valence-corrected chi connectivity index (χ1v) is 7.90. The lowest BCUT2D eigenvalue weighted by Crippen LogP contribution is -2.30. The number of aromatic nitrogens is 3. The lowest BCUT2D eigenvalue weighted by Gasteiger charge is -2.28. The van der Waals surface area contributed by atoms with Crippen molar-refractivity contribution in [3.8, 4) is 0 Å². The van der Waals surface area contributed by atoms with Crippen LogP contribution < -0.4 is 4.90 Å². The van der Waals surface area contributed by atoms with Crippen molar-refractivity contribution in [3.05, 3.63) is 38.9 Å². The van der Waals surface area contributed by atoms with Gasteiger partial charge in [0.2, 0.25) is 0 Å². The normalized spacial score (nSPS) is 14.3. The summed E-state index contributed by atoms with van der Waals surface area (Å²) in [7, 11) is 0. The highest BCUT2D eigenvalue weighted by Gasteiger charge is 2.22. The first-order valence-electron chi connectivity index (χ1n) is 6.71. The van der Waals surface area contributed by atoms with Gasteiger partial charge in [0, 0.05) is 18.0 Å². The van der Waals surface area contributed by atoms with Gasteiger partial charge in [-0.2, -0.15) is 0 Å². The molecule has 0 amide bonds. The highest BCUT2D eigenvalue weighted by Crippen LogP contribution is 2.34. The molecule has 3 aromatic rings. The number of fused-ring (bicyclic) bond motifs is 2. The molecule has 112 valence electrons. The van der Waals surface area contributed by atoms with Gasteiger partial charge >= 0.3 is 5.97 Å². The van der Waals surface area contributed by atoms with Crippen LogP contribution in [0.4, 0.5) is 5.82 Å². The highest BCUT2D eigenvalue weighted by molar-refractivity contribution is 7.16. The molecule has 0 aliphatic carbocycles. The number of anilines is 1. The van der Waals surface area contributed by atoms with Crippen molar-refractivity contribution < 1.29 is 9.90 Å². The molecule has 8 heteroatoms. The van der Waals surface area contributed by atoms with Gasteiger partial charge in [0.25, 0.3) is 0 Å². The number of rotatable bonds is 2. The van der Waals surface area contributed by atoms with E-state index in [2.05, 4.69) is 19.9 Å². The van der Waals surface area contributed by atoms with Crippen molar-refractivity contribution in [3.63, 3.8) is 0 Å². The molecule has 0 fully saturated rings. The van der Waals surface area contributed by atoms with E-state index in [4.69, 9.17) is 16.7 Å². The number of nitrogens with zero attached hydrogens (tertiary/aromatic N) is 3. The van der Waals surface area contributed by atoms with Crippen molar-refractivity contribution >= 4 is 45.8 Å². The minimum atomic E-state index is -1.01. The Balaban J connectivity index is 1.77. The molecular weight excluding hydrogens is 324 g/mol. The Labute approximate surface area is 134 Å². The average molecular weight is 335 g/mol. The minimum absolute atomic E-state index is 0.119. The highest BCUT2D eigenvalue weighted by atomic mass is 35.5. The summed E-state index contributed by atoms with van der Waals surface area (Å²) in [6.07, 6.45) is 2.37. The molecule has 0 spiro atoms. The molecule has 0 saturated carbocycles. The number of carboxylic acid groups (broad SMARTS) is 1. The van der Waals surface area contributed by atoms with Crippen LogP contribution in [-0.2, 0) is 13.0 Å². The van der Waals surface area contributed by atoms with Crippen molar-refractivity contribution in [2.75, 3.05) is 11.4 Å². The number of nitrogens with one attached hydrogen (secondary N) is 1. The fraction of sp³-hybridized carbons (Fsp3) is 0.214. The van der Waals surface area contributed by atoms with Crippen LogP contribution in [-0.4, -0.2) is 32.6 Å². The third kappa shape index (κ3) is 2.13. The average Bonchev–Trinajstić information content (AvgIpc) is 3.07. The summed E-state index contributed by atoms with van der Waals surface area (Å²) < 4.78 is 0.800. The number of thiophene rings is 1. The first kappa shape index (κ1) is 13.5. The fourth-order valence-corrected chi connectivity index (χ4v) is 4.07. The van der Waals surface area contributed by atoms with Gasteiger partial charge in [0.15, 0.2) is 0 Å². The molecule has 0 bridgehead atoms. The van der Waals surface area contributed by atoms with Gasteiger partial charge in [-0.15, -0.1) is 11.3 Å². The van der Waals surface area contributed by atoms with Gasteiger partial charge < -0.3 is 15.0 Å². The number of aromatic carboxylic acids is 1. The SMILES string of the molecule is O=C(O)c1cc2c(N3CCc4sc(Cl)cc4C3)ncnc2[nH]1. The molecule has 0 unspecified atom stereocenters. The topological polar surface area (TPSA) is 82.1 Å². The van der Waals surface area contributed by atoms with Crippen LogP contribution in [0.3, 0.4) is 0 Å². The van der Waals surface area contributed by atoms with E-state index >= 15 is 0 Å². The number of hydrogen-bond donors (Lipinski definition) is 2. The molecule has 2 N–H and O–H groups in total. The second-order valence-electron chi connectivity index (χ2n) is 5.12. The largest absolute Gasteiger partial charge is 0.477 e. The van der Waals surface area contributed by atoms with Crippen LogP contribution in [0.15, 0.2) is 18.5 Å². The van der Waals surface area contributed by atoms with Crippen molar-refractivity contribution in [1.82, 2.24) is 15.0 Å². The summed E-state index contributed by atoms with van der Waals surface area (Å²) in [4.78, 5) is 25.8. The summed E-state index contributed by atoms with van der Waals surface area (Å²) in [6.45, 7) is 1.54. The molecule has 3 aromatic heterocycles. The predicted molar refractivity (Wildman–Crippen MR) is 84.9 cm³/mol. The zero-order valence-corrected chi connectivity index (χ0v) is 12.9. The van der Waals surface area contributed by atoms with Gasteiger partial charge in [0.05, 0.1) is 9.72 Å². The number of carbonyl (C=O) groups is 1. The predicted octanol–water partition coefficient (Wildman–Crippen LogP) is 2.93. The van der Waals surface area contributed by atoms with Crippen LogP contribution in [0.2, 0.25) is 4.34 Å². The Morgan fingerprint density at radius 1 is 1.41 bits per heavy atom. The Bertz CT molecular complexity index is 888. The quantitative estimate of drug-likeness (QED) is 0.753. The van der Waals surface area contributed by atoms with Crippen LogP contribution in [0.5, 0.6) is 0 Å². The maximum atomic E-state index is 11.1. The molecule has 0 radical (unpaired) electrons. The second-order valence-corrected chi connectivity index (χ2v) is 6.89. The van der Waals surface area contributed by atoms with Crippen LogP contribution in [0, 0.1) is 0 Å². The zero-order valence-electron chi connectivity index (χ0n) is 11.3. The van der Waals surface area contributed by atoms with E-state index in [9.17, 15) is 4.79 Å². The van der Waals surface area contributed by atoms with E-state index in [1.54, 1.807) is 17.4 Å². The van der Waals surface area contributed by atoms with Gasteiger partial charge in [-0.3, -0.25) is 0 Å². The summed E-state index contributed by atoms with van der Waals surface area (Å²) in [5, 5.41) is 9.84. The Morgan fingerprint density at radius 2 is 2.27 bits per heavy atom. The molecule has 4 rings (SSSR count). The molecule has 1 aliphatic rings. The second kappa shape index (κ2) is 4.96. The maximum Gasteiger partial charge on any atom is 0.352 e. The molecule has 0 saturated heterocycles.